The summed E-state index contributed by atoms with van der Waals surface area (Å²) in [7, 11) is 0. The lowest BCUT2D eigenvalue weighted by Crippen LogP contribution is -2.40. The van der Waals surface area contributed by atoms with Gasteiger partial charge in [-0.15, -0.1) is 10.2 Å². The van der Waals surface area contributed by atoms with Crippen LogP contribution in [0.2, 0.25) is 0 Å². The van der Waals surface area contributed by atoms with E-state index in [1.807, 2.05) is 0 Å². The second-order valence-electron chi connectivity index (χ2n) is 7.00. The Kier molecular flexibility index (Phi) is 3.81. The summed E-state index contributed by atoms with van der Waals surface area (Å²) in [6, 6.07) is 0.414. The molecule has 10 nitrogen and oxygen atoms in total. The number of hydrogen-bond acceptors (Lipinski definition) is 7. The molecule has 134 valence electrons. The molecular formula is C15H21N7O3. The van der Waals surface area contributed by atoms with Crippen molar-refractivity contribution in [2.24, 2.45) is 11.3 Å². The molecule has 2 atom stereocenters. The highest BCUT2D eigenvalue weighted by atomic mass is 16.4. The summed E-state index contributed by atoms with van der Waals surface area (Å²) in [5.74, 6) is 0.762. The molecule has 2 unspecified atom stereocenters. The molecule has 0 radical (unpaired) electrons. The molecule has 2 aliphatic rings. The van der Waals surface area contributed by atoms with Crippen LogP contribution in [0, 0.1) is 18.3 Å². The predicted octanol–water partition coefficient (Wildman–Crippen LogP) is 0.534. The van der Waals surface area contributed by atoms with Crippen molar-refractivity contribution in [1.82, 2.24) is 30.3 Å². The summed E-state index contributed by atoms with van der Waals surface area (Å²) in [4.78, 5) is 28.1. The molecule has 0 bridgehead atoms. The third-order valence-electron chi connectivity index (χ3n) is 5.40. The van der Waals surface area contributed by atoms with Gasteiger partial charge in [-0.1, -0.05) is 17.9 Å². The van der Waals surface area contributed by atoms with Gasteiger partial charge in [0.2, 0.25) is 11.7 Å². The number of likely N-dealkylation sites (tertiary alicyclic amines) is 1. The third kappa shape index (κ3) is 2.92. The summed E-state index contributed by atoms with van der Waals surface area (Å²) in [5, 5.41) is 17.1. The van der Waals surface area contributed by atoms with E-state index in [1.165, 1.54) is 6.42 Å². The number of hydrogen-bond donors (Lipinski definition) is 3. The molecule has 3 heterocycles. The number of aromatic nitrogens is 5. The lowest BCUT2D eigenvalue weighted by atomic mass is 9.68. The molecule has 1 saturated carbocycles. The van der Waals surface area contributed by atoms with Gasteiger partial charge >= 0.3 is 11.7 Å². The first kappa shape index (κ1) is 15.9. The van der Waals surface area contributed by atoms with Crippen LogP contribution >= 0.6 is 0 Å². The van der Waals surface area contributed by atoms with Crippen LogP contribution in [0.4, 0.5) is 6.01 Å². The summed E-state index contributed by atoms with van der Waals surface area (Å²) in [6.07, 6.45) is 4.44. The van der Waals surface area contributed by atoms with Crippen LogP contribution in [-0.2, 0) is 0 Å². The second-order valence-corrected chi connectivity index (χ2v) is 7.00. The Balaban J connectivity index is 1.51. The van der Waals surface area contributed by atoms with E-state index < -0.39 is 5.69 Å². The molecule has 4 rings (SSSR count). The van der Waals surface area contributed by atoms with Crippen molar-refractivity contribution in [3.8, 4) is 0 Å². The SMILES string of the molecule is Cc1nnc(NCC23CCCCC2CN(C(=O)c2n[nH]c(=O)[nH]2)C3)o1. The maximum absolute atomic E-state index is 12.6. The number of H-pyrrole nitrogens is 2. The van der Waals surface area contributed by atoms with E-state index in [2.05, 4.69) is 30.7 Å². The highest BCUT2D eigenvalue weighted by Gasteiger charge is 2.49. The number of rotatable bonds is 4. The first-order chi connectivity index (χ1) is 12.1. The van der Waals surface area contributed by atoms with Gasteiger partial charge in [-0.05, 0) is 18.8 Å². The Hall–Kier alpha value is -2.65. The highest BCUT2D eigenvalue weighted by Crippen LogP contribution is 2.47. The smallest absolute Gasteiger partial charge is 0.341 e. The van der Waals surface area contributed by atoms with Gasteiger partial charge in [0.1, 0.15) is 0 Å². The molecule has 10 heteroatoms. The summed E-state index contributed by atoms with van der Waals surface area (Å²) >= 11 is 0. The van der Waals surface area contributed by atoms with Gasteiger partial charge in [-0.25, -0.2) is 9.89 Å². The van der Waals surface area contributed by atoms with Crippen molar-refractivity contribution in [2.45, 2.75) is 32.6 Å². The quantitative estimate of drug-likeness (QED) is 0.735. The number of nitrogens with zero attached hydrogens (tertiary/aromatic N) is 4. The maximum atomic E-state index is 12.6. The van der Waals surface area contributed by atoms with E-state index in [0.29, 0.717) is 37.5 Å². The predicted molar refractivity (Wildman–Crippen MR) is 87.0 cm³/mol. The first-order valence-corrected chi connectivity index (χ1v) is 8.54. The monoisotopic (exact) mass is 347 g/mol. The second kappa shape index (κ2) is 6.01. The van der Waals surface area contributed by atoms with E-state index in [0.717, 1.165) is 19.3 Å². The van der Waals surface area contributed by atoms with Gasteiger partial charge in [0.15, 0.2) is 0 Å². The molecule has 0 spiro atoms. The molecule has 1 saturated heterocycles. The molecule has 1 aliphatic heterocycles. The number of nitrogens with one attached hydrogen (secondary N) is 3. The van der Waals surface area contributed by atoms with Crippen molar-refractivity contribution in [1.29, 1.82) is 0 Å². The van der Waals surface area contributed by atoms with Gasteiger partial charge < -0.3 is 14.6 Å². The largest absolute Gasteiger partial charge is 0.408 e. The average Bonchev–Trinajstić information content (AvgIpc) is 3.30. The lowest BCUT2D eigenvalue weighted by molar-refractivity contribution is 0.0760. The van der Waals surface area contributed by atoms with Crippen LogP contribution in [0.15, 0.2) is 9.21 Å². The van der Waals surface area contributed by atoms with Crippen molar-refractivity contribution in [3.63, 3.8) is 0 Å². The third-order valence-corrected chi connectivity index (χ3v) is 5.40. The topological polar surface area (TPSA) is 133 Å². The fraction of sp³-hybridized carbons (Fsp3) is 0.667. The summed E-state index contributed by atoms with van der Waals surface area (Å²) < 4.78 is 5.40. The summed E-state index contributed by atoms with van der Waals surface area (Å²) in [6.45, 7) is 3.74. The number of carbonyl (C=O) groups is 1. The number of carbonyl (C=O) groups excluding carboxylic acids is 1. The van der Waals surface area contributed by atoms with Crippen LogP contribution in [0.3, 0.4) is 0 Å². The van der Waals surface area contributed by atoms with Crippen molar-refractivity contribution in [2.75, 3.05) is 25.0 Å². The zero-order chi connectivity index (χ0) is 17.4. The number of aromatic amines is 2. The molecule has 2 aromatic heterocycles. The standard InChI is InChI=1S/C15H21N7O3/c1-9-18-21-14(25-9)16-7-15-5-3-2-4-10(15)6-22(8-15)12(23)11-17-13(24)20-19-11/h10H,2-8H2,1H3,(H,16,21)(H2,17,19,20,24). The van der Waals surface area contributed by atoms with Crippen molar-refractivity contribution >= 4 is 11.9 Å². The molecular weight excluding hydrogens is 326 g/mol. The molecule has 0 aromatic carbocycles. The molecule has 2 fully saturated rings. The Bertz CT molecular complexity index is 825. The molecule has 1 amide bonds. The van der Waals surface area contributed by atoms with Crippen LogP contribution < -0.4 is 11.0 Å². The van der Waals surface area contributed by atoms with Gasteiger partial charge in [0.05, 0.1) is 0 Å². The van der Waals surface area contributed by atoms with Crippen LogP contribution in [0.25, 0.3) is 0 Å². The average molecular weight is 347 g/mol. The van der Waals surface area contributed by atoms with E-state index >= 15 is 0 Å². The maximum Gasteiger partial charge on any atom is 0.341 e. The fourth-order valence-corrected chi connectivity index (χ4v) is 4.17. The molecule has 25 heavy (non-hydrogen) atoms. The highest BCUT2D eigenvalue weighted by molar-refractivity contribution is 5.90. The number of amides is 1. The van der Waals surface area contributed by atoms with E-state index in [9.17, 15) is 9.59 Å². The fourth-order valence-electron chi connectivity index (χ4n) is 4.17. The minimum absolute atomic E-state index is 0.0209. The minimum Gasteiger partial charge on any atom is -0.408 e. The van der Waals surface area contributed by atoms with Gasteiger partial charge in [0, 0.05) is 32.0 Å². The first-order valence-electron chi connectivity index (χ1n) is 8.54. The zero-order valence-electron chi connectivity index (χ0n) is 14.0. The van der Waals surface area contributed by atoms with Crippen LogP contribution in [0.1, 0.15) is 42.2 Å². The number of fused-ring (bicyclic) bond motifs is 1. The number of anilines is 1. The van der Waals surface area contributed by atoms with Gasteiger partial charge in [0.25, 0.3) is 5.91 Å². The zero-order valence-corrected chi connectivity index (χ0v) is 14.0. The lowest BCUT2D eigenvalue weighted by Gasteiger charge is -2.38. The van der Waals surface area contributed by atoms with Gasteiger partial charge in [-0.3, -0.25) is 9.78 Å². The summed E-state index contributed by atoms with van der Waals surface area (Å²) in [5.41, 5.74) is -0.490. The number of aryl methyl sites for hydroxylation is 1. The Morgan fingerprint density at radius 3 is 3.04 bits per heavy atom. The van der Waals surface area contributed by atoms with Gasteiger partial charge in [-0.2, -0.15) is 0 Å². The van der Waals surface area contributed by atoms with E-state index in [-0.39, 0.29) is 17.1 Å². The molecule has 1 aliphatic carbocycles. The minimum atomic E-state index is -0.469. The van der Waals surface area contributed by atoms with Crippen LogP contribution in [0.5, 0.6) is 0 Å². The Morgan fingerprint density at radius 2 is 2.32 bits per heavy atom. The van der Waals surface area contributed by atoms with Crippen LogP contribution in [-0.4, -0.2) is 55.8 Å². The Morgan fingerprint density at radius 1 is 1.44 bits per heavy atom. The molecule has 2 aromatic rings. The molecule has 3 N–H and O–H groups in total. The normalized spacial score (nSPS) is 25.8. The van der Waals surface area contributed by atoms with Crippen molar-refractivity contribution in [3.05, 3.63) is 22.2 Å². The van der Waals surface area contributed by atoms with E-state index in [1.54, 1.807) is 11.8 Å². The van der Waals surface area contributed by atoms with Crippen molar-refractivity contribution < 1.29 is 9.21 Å². The van der Waals surface area contributed by atoms with E-state index in [4.69, 9.17) is 4.42 Å². The Labute approximate surface area is 143 Å².